The van der Waals surface area contributed by atoms with E-state index in [1.807, 2.05) is 24.0 Å². The highest BCUT2D eigenvalue weighted by Crippen LogP contribution is 2.29. The van der Waals surface area contributed by atoms with E-state index in [4.69, 9.17) is 10.5 Å². The number of amides is 1. The molecule has 2 aromatic rings. The molecule has 1 amide bonds. The molecular formula is C16H19N3O2. The lowest BCUT2D eigenvalue weighted by Crippen LogP contribution is -2.36. The quantitative estimate of drug-likeness (QED) is 0.855. The molecule has 0 radical (unpaired) electrons. The minimum absolute atomic E-state index is 0.0286. The molecule has 1 aromatic heterocycles. The van der Waals surface area contributed by atoms with Crippen LogP contribution in [0.3, 0.4) is 0 Å². The standard InChI is InChI=1S/C16H19N3O2/c1-2-19(11-5-6-11)15(20)10-21-14-8-7-13(17)12-4-3-9-18-16(12)14/h3-4,7-9,11H,2,5-6,10,17H2,1H3. The van der Waals surface area contributed by atoms with Crippen LogP contribution in [0.2, 0.25) is 0 Å². The van der Waals surface area contributed by atoms with Crippen LogP contribution in [-0.2, 0) is 4.79 Å². The van der Waals surface area contributed by atoms with Gasteiger partial charge in [0, 0.05) is 29.9 Å². The lowest BCUT2D eigenvalue weighted by atomic mass is 10.2. The van der Waals surface area contributed by atoms with Crippen LogP contribution < -0.4 is 10.5 Å². The molecule has 0 saturated heterocycles. The molecule has 1 aliphatic rings. The van der Waals surface area contributed by atoms with Crippen molar-refractivity contribution in [3.63, 3.8) is 0 Å². The number of carbonyl (C=O) groups is 1. The Morgan fingerprint density at radius 3 is 2.95 bits per heavy atom. The molecule has 1 saturated carbocycles. The Morgan fingerprint density at radius 2 is 2.24 bits per heavy atom. The minimum atomic E-state index is 0.0286. The topological polar surface area (TPSA) is 68.5 Å². The number of benzene rings is 1. The molecule has 0 atom stereocenters. The smallest absolute Gasteiger partial charge is 0.260 e. The average molecular weight is 285 g/mol. The Kier molecular flexibility index (Phi) is 3.64. The number of anilines is 1. The highest BCUT2D eigenvalue weighted by molar-refractivity contribution is 5.94. The fourth-order valence-electron chi connectivity index (χ4n) is 2.53. The molecule has 1 aromatic carbocycles. The maximum atomic E-state index is 12.2. The number of nitrogens with two attached hydrogens (primary N) is 1. The summed E-state index contributed by atoms with van der Waals surface area (Å²) >= 11 is 0. The largest absolute Gasteiger partial charge is 0.481 e. The van der Waals surface area contributed by atoms with Crippen molar-refractivity contribution in [1.82, 2.24) is 9.88 Å². The third-order valence-corrected chi connectivity index (χ3v) is 3.77. The predicted molar refractivity (Wildman–Crippen MR) is 82.1 cm³/mol. The normalized spacial score (nSPS) is 14.1. The number of fused-ring (bicyclic) bond motifs is 1. The number of hydrogen-bond acceptors (Lipinski definition) is 4. The van der Waals surface area contributed by atoms with Crippen LogP contribution in [0.15, 0.2) is 30.5 Å². The van der Waals surface area contributed by atoms with Gasteiger partial charge in [0.05, 0.1) is 0 Å². The average Bonchev–Trinajstić information content (AvgIpc) is 3.32. The monoisotopic (exact) mass is 285 g/mol. The van der Waals surface area contributed by atoms with E-state index in [0.29, 0.717) is 23.0 Å². The molecule has 1 heterocycles. The molecule has 0 bridgehead atoms. The van der Waals surface area contributed by atoms with Crippen molar-refractivity contribution < 1.29 is 9.53 Å². The molecule has 21 heavy (non-hydrogen) atoms. The van der Waals surface area contributed by atoms with Crippen LogP contribution in [0.4, 0.5) is 5.69 Å². The third-order valence-electron chi connectivity index (χ3n) is 3.77. The molecule has 2 N–H and O–H groups in total. The first-order valence-corrected chi connectivity index (χ1v) is 7.26. The van der Waals surface area contributed by atoms with Crippen molar-refractivity contribution in [2.24, 2.45) is 0 Å². The second-order valence-corrected chi connectivity index (χ2v) is 5.25. The summed E-state index contributed by atoms with van der Waals surface area (Å²) in [4.78, 5) is 18.4. The van der Waals surface area contributed by atoms with Gasteiger partial charge in [0.2, 0.25) is 0 Å². The Balaban J connectivity index is 1.76. The zero-order valence-corrected chi connectivity index (χ0v) is 12.1. The number of nitrogen functional groups attached to an aromatic ring is 1. The summed E-state index contributed by atoms with van der Waals surface area (Å²) in [6.07, 6.45) is 3.90. The number of hydrogen-bond donors (Lipinski definition) is 1. The molecule has 5 nitrogen and oxygen atoms in total. The van der Waals surface area contributed by atoms with E-state index in [9.17, 15) is 4.79 Å². The molecule has 3 rings (SSSR count). The number of aromatic nitrogens is 1. The molecule has 0 aliphatic heterocycles. The summed E-state index contributed by atoms with van der Waals surface area (Å²) in [6, 6.07) is 7.69. The summed E-state index contributed by atoms with van der Waals surface area (Å²) in [7, 11) is 0. The minimum Gasteiger partial charge on any atom is -0.481 e. The van der Waals surface area contributed by atoms with E-state index in [1.54, 1.807) is 18.3 Å². The number of carbonyl (C=O) groups excluding carboxylic acids is 1. The highest BCUT2D eigenvalue weighted by atomic mass is 16.5. The van der Waals surface area contributed by atoms with Crippen LogP contribution >= 0.6 is 0 Å². The second kappa shape index (κ2) is 5.60. The number of likely N-dealkylation sites (N-methyl/N-ethyl adjacent to an activating group) is 1. The number of nitrogens with zero attached hydrogens (tertiary/aromatic N) is 2. The molecule has 1 fully saturated rings. The van der Waals surface area contributed by atoms with E-state index in [2.05, 4.69) is 4.98 Å². The Labute approximate surface area is 123 Å². The SMILES string of the molecule is CCN(C(=O)COc1ccc(N)c2cccnc12)C1CC1. The number of ether oxygens (including phenoxy) is 1. The first-order chi connectivity index (χ1) is 10.2. The van der Waals surface area contributed by atoms with E-state index < -0.39 is 0 Å². The number of pyridine rings is 1. The van der Waals surface area contributed by atoms with Crippen LogP contribution in [0.25, 0.3) is 10.9 Å². The summed E-state index contributed by atoms with van der Waals surface area (Å²) in [5.74, 6) is 0.626. The van der Waals surface area contributed by atoms with Crippen molar-refractivity contribution in [2.45, 2.75) is 25.8 Å². The van der Waals surface area contributed by atoms with Crippen molar-refractivity contribution in [1.29, 1.82) is 0 Å². The zero-order chi connectivity index (χ0) is 14.8. The fraction of sp³-hybridized carbons (Fsp3) is 0.375. The second-order valence-electron chi connectivity index (χ2n) is 5.25. The fourth-order valence-corrected chi connectivity index (χ4v) is 2.53. The van der Waals surface area contributed by atoms with Gasteiger partial charge in [-0.05, 0) is 44.0 Å². The van der Waals surface area contributed by atoms with Gasteiger partial charge in [0.1, 0.15) is 11.3 Å². The van der Waals surface area contributed by atoms with E-state index in [1.165, 1.54) is 0 Å². The summed E-state index contributed by atoms with van der Waals surface area (Å²) in [5, 5.41) is 0.844. The van der Waals surface area contributed by atoms with E-state index >= 15 is 0 Å². The van der Waals surface area contributed by atoms with Crippen molar-refractivity contribution in [3.8, 4) is 5.75 Å². The van der Waals surface area contributed by atoms with Gasteiger partial charge >= 0.3 is 0 Å². The Bertz CT molecular complexity index is 668. The Morgan fingerprint density at radius 1 is 1.43 bits per heavy atom. The first kappa shape index (κ1) is 13.7. The van der Waals surface area contributed by atoms with Gasteiger partial charge < -0.3 is 15.4 Å². The molecular weight excluding hydrogens is 266 g/mol. The van der Waals surface area contributed by atoms with Crippen LogP contribution in [-0.4, -0.2) is 35.0 Å². The van der Waals surface area contributed by atoms with Crippen molar-refractivity contribution in [2.75, 3.05) is 18.9 Å². The van der Waals surface area contributed by atoms with Gasteiger partial charge in [-0.2, -0.15) is 0 Å². The Hall–Kier alpha value is -2.30. The van der Waals surface area contributed by atoms with Gasteiger partial charge in [-0.25, -0.2) is 0 Å². The van der Waals surface area contributed by atoms with Gasteiger partial charge in [-0.1, -0.05) is 0 Å². The van der Waals surface area contributed by atoms with E-state index in [0.717, 1.165) is 24.8 Å². The highest BCUT2D eigenvalue weighted by Gasteiger charge is 2.31. The summed E-state index contributed by atoms with van der Waals surface area (Å²) in [5.41, 5.74) is 7.28. The predicted octanol–water partition coefficient (Wildman–Crippen LogP) is 2.21. The maximum Gasteiger partial charge on any atom is 0.260 e. The van der Waals surface area contributed by atoms with E-state index in [-0.39, 0.29) is 12.5 Å². The van der Waals surface area contributed by atoms with Gasteiger partial charge in [-0.15, -0.1) is 0 Å². The first-order valence-electron chi connectivity index (χ1n) is 7.26. The van der Waals surface area contributed by atoms with Crippen molar-refractivity contribution in [3.05, 3.63) is 30.5 Å². The molecule has 5 heteroatoms. The lowest BCUT2D eigenvalue weighted by molar-refractivity contribution is -0.133. The molecule has 110 valence electrons. The lowest BCUT2D eigenvalue weighted by Gasteiger charge is -2.20. The van der Waals surface area contributed by atoms with Crippen LogP contribution in [0, 0.1) is 0 Å². The maximum absolute atomic E-state index is 12.2. The number of rotatable bonds is 5. The summed E-state index contributed by atoms with van der Waals surface area (Å²) in [6.45, 7) is 2.77. The van der Waals surface area contributed by atoms with Gasteiger partial charge in [-0.3, -0.25) is 9.78 Å². The molecule has 0 unspecified atom stereocenters. The van der Waals surface area contributed by atoms with Gasteiger partial charge in [0.25, 0.3) is 5.91 Å². The van der Waals surface area contributed by atoms with Gasteiger partial charge in [0.15, 0.2) is 6.61 Å². The zero-order valence-electron chi connectivity index (χ0n) is 12.1. The molecule has 1 aliphatic carbocycles. The molecule has 0 spiro atoms. The van der Waals surface area contributed by atoms with Crippen molar-refractivity contribution >= 4 is 22.5 Å². The summed E-state index contributed by atoms with van der Waals surface area (Å²) < 4.78 is 5.69. The third kappa shape index (κ3) is 2.77. The van der Waals surface area contributed by atoms with Crippen LogP contribution in [0.1, 0.15) is 19.8 Å². The van der Waals surface area contributed by atoms with Crippen LogP contribution in [0.5, 0.6) is 5.75 Å².